The topological polar surface area (TPSA) is 37.4 Å². The van der Waals surface area contributed by atoms with Gasteiger partial charge in [0, 0.05) is 11.4 Å². The highest BCUT2D eigenvalue weighted by atomic mass is 32.2. The monoisotopic (exact) mass is 353 g/mol. The van der Waals surface area contributed by atoms with Gasteiger partial charge in [0.2, 0.25) is 14.2 Å². The minimum atomic E-state index is -3.78. The molecule has 0 radical (unpaired) electrons. The molecule has 3 nitrogen and oxygen atoms in total. The Balaban J connectivity index is 2.11. The number of sulfone groups is 1. The van der Waals surface area contributed by atoms with Crippen LogP contribution in [-0.2, 0) is 9.84 Å². The van der Waals surface area contributed by atoms with E-state index in [0.29, 0.717) is 11.4 Å². The van der Waals surface area contributed by atoms with E-state index in [1.807, 2.05) is 60.7 Å². The highest BCUT2D eigenvalue weighted by Gasteiger charge is 2.28. The molecule has 5 heteroatoms. The Kier molecular flexibility index (Phi) is 4.74. The Morgan fingerprint density at radius 3 is 1.46 bits per heavy atom. The molecule has 0 heterocycles. The second-order valence-electron chi connectivity index (χ2n) is 5.09. The van der Waals surface area contributed by atoms with Crippen molar-refractivity contribution in [2.24, 2.45) is 0 Å². The summed E-state index contributed by atoms with van der Waals surface area (Å²) in [5.41, 5.74) is 1.40. The van der Waals surface area contributed by atoms with Gasteiger partial charge in [-0.1, -0.05) is 54.6 Å². The summed E-state index contributed by atoms with van der Waals surface area (Å²) >= 11 is 5.40. The average molecular weight is 353 g/mol. The molecule has 0 aromatic heterocycles. The van der Waals surface area contributed by atoms with Crippen LogP contribution in [-0.4, -0.2) is 12.7 Å². The second-order valence-corrected chi connectivity index (χ2v) is 7.60. The van der Waals surface area contributed by atoms with Crippen LogP contribution in [0.3, 0.4) is 0 Å². The summed E-state index contributed by atoms with van der Waals surface area (Å²) in [6, 6.07) is 26.7. The molecule has 0 bridgehead atoms. The Bertz CT molecular complexity index is 885. The van der Waals surface area contributed by atoms with E-state index in [0.717, 1.165) is 0 Å². The van der Waals surface area contributed by atoms with E-state index in [4.69, 9.17) is 12.2 Å². The van der Waals surface area contributed by atoms with Gasteiger partial charge in [0.15, 0.2) is 0 Å². The van der Waals surface area contributed by atoms with E-state index in [1.165, 1.54) is 0 Å². The minimum absolute atomic E-state index is 0.147. The predicted octanol–water partition coefficient (Wildman–Crippen LogP) is 4.58. The number of thiocarbonyl (C=S) groups is 1. The van der Waals surface area contributed by atoms with Crippen molar-refractivity contribution in [2.45, 2.75) is 4.90 Å². The molecule has 3 rings (SSSR count). The molecule has 0 aliphatic heterocycles. The predicted molar refractivity (Wildman–Crippen MR) is 101 cm³/mol. The van der Waals surface area contributed by atoms with Crippen molar-refractivity contribution >= 4 is 37.8 Å². The number of rotatable bonds is 3. The van der Waals surface area contributed by atoms with Crippen LogP contribution in [0, 0.1) is 0 Å². The van der Waals surface area contributed by atoms with E-state index in [-0.39, 0.29) is 9.22 Å². The lowest BCUT2D eigenvalue weighted by Gasteiger charge is -2.25. The summed E-state index contributed by atoms with van der Waals surface area (Å²) in [5.74, 6) is 0. The van der Waals surface area contributed by atoms with Crippen molar-refractivity contribution in [3.8, 4) is 0 Å². The summed E-state index contributed by atoms with van der Waals surface area (Å²) < 4.78 is 25.7. The minimum Gasteiger partial charge on any atom is -0.292 e. The first-order valence-corrected chi connectivity index (χ1v) is 9.24. The quantitative estimate of drug-likeness (QED) is 0.646. The van der Waals surface area contributed by atoms with Crippen LogP contribution in [0.4, 0.5) is 11.4 Å². The fraction of sp³-hybridized carbons (Fsp3) is 0. The maximum absolute atomic E-state index is 12.9. The first kappa shape index (κ1) is 16.4. The van der Waals surface area contributed by atoms with Crippen LogP contribution in [0.15, 0.2) is 95.9 Å². The van der Waals surface area contributed by atoms with Gasteiger partial charge in [0.1, 0.15) is 0 Å². The van der Waals surface area contributed by atoms with Crippen LogP contribution in [0.25, 0.3) is 0 Å². The zero-order valence-corrected chi connectivity index (χ0v) is 14.4. The smallest absolute Gasteiger partial charge is 0.232 e. The molecular weight excluding hydrogens is 338 g/mol. The summed E-state index contributed by atoms with van der Waals surface area (Å²) in [5, 5.41) is 0. The molecule has 0 atom stereocenters. The van der Waals surface area contributed by atoms with Crippen LogP contribution in [0.5, 0.6) is 0 Å². The number of anilines is 2. The Morgan fingerprint density at radius 1 is 0.667 bits per heavy atom. The molecule has 3 aromatic carbocycles. The fourth-order valence-corrected chi connectivity index (χ4v) is 4.00. The number of hydrogen-bond acceptors (Lipinski definition) is 3. The van der Waals surface area contributed by atoms with Crippen LogP contribution < -0.4 is 4.90 Å². The second kappa shape index (κ2) is 6.95. The van der Waals surface area contributed by atoms with Crippen LogP contribution in [0.2, 0.25) is 0 Å². The Hall–Kier alpha value is -2.50. The van der Waals surface area contributed by atoms with Gasteiger partial charge in [-0.2, -0.15) is 0 Å². The van der Waals surface area contributed by atoms with Crippen LogP contribution >= 0.6 is 12.2 Å². The number of nitrogens with zero attached hydrogens (tertiary/aromatic N) is 1. The SMILES string of the molecule is O=S(=O)(C(=S)N(c1ccccc1)c1ccccc1)c1ccccc1. The van der Waals surface area contributed by atoms with E-state index in [1.54, 1.807) is 35.2 Å². The van der Waals surface area contributed by atoms with Crippen LogP contribution in [0.1, 0.15) is 0 Å². The van der Waals surface area contributed by atoms with Crippen molar-refractivity contribution in [3.63, 3.8) is 0 Å². The van der Waals surface area contributed by atoms with Gasteiger partial charge in [-0.15, -0.1) is 0 Å². The molecule has 0 saturated carbocycles. The lowest BCUT2D eigenvalue weighted by molar-refractivity contribution is 0.607. The van der Waals surface area contributed by atoms with E-state index >= 15 is 0 Å². The van der Waals surface area contributed by atoms with E-state index in [9.17, 15) is 8.42 Å². The zero-order valence-electron chi connectivity index (χ0n) is 12.7. The Morgan fingerprint density at radius 2 is 1.04 bits per heavy atom. The van der Waals surface area contributed by atoms with Crippen molar-refractivity contribution in [3.05, 3.63) is 91.0 Å². The van der Waals surface area contributed by atoms with Crippen molar-refractivity contribution < 1.29 is 8.42 Å². The number of hydrogen-bond donors (Lipinski definition) is 0. The maximum atomic E-state index is 12.9. The van der Waals surface area contributed by atoms with Gasteiger partial charge >= 0.3 is 0 Å². The average Bonchev–Trinajstić information content (AvgIpc) is 2.64. The lowest BCUT2D eigenvalue weighted by atomic mass is 10.2. The molecule has 0 N–H and O–H groups in total. The van der Waals surface area contributed by atoms with Gasteiger partial charge < -0.3 is 0 Å². The van der Waals surface area contributed by atoms with Crippen molar-refractivity contribution in [1.29, 1.82) is 0 Å². The van der Waals surface area contributed by atoms with Gasteiger partial charge in [0.05, 0.1) is 4.90 Å². The molecule has 0 fully saturated rings. The molecular formula is C19H15NO2S2. The van der Waals surface area contributed by atoms with Crippen molar-refractivity contribution in [2.75, 3.05) is 4.90 Å². The number of para-hydroxylation sites is 2. The molecule has 0 spiro atoms. The molecule has 0 amide bonds. The van der Waals surface area contributed by atoms with Crippen molar-refractivity contribution in [1.82, 2.24) is 0 Å². The molecule has 0 aliphatic carbocycles. The summed E-state index contributed by atoms with van der Waals surface area (Å²) in [4.78, 5) is 1.77. The van der Waals surface area contributed by atoms with Gasteiger partial charge in [-0.25, -0.2) is 8.42 Å². The molecule has 0 aliphatic rings. The summed E-state index contributed by atoms with van der Waals surface area (Å²) in [7, 11) is -3.78. The molecule has 0 saturated heterocycles. The molecule has 3 aromatic rings. The van der Waals surface area contributed by atoms with E-state index < -0.39 is 9.84 Å². The number of benzene rings is 3. The summed E-state index contributed by atoms with van der Waals surface area (Å²) in [6.45, 7) is 0. The Labute approximate surface area is 147 Å². The highest BCUT2D eigenvalue weighted by Crippen LogP contribution is 2.29. The van der Waals surface area contributed by atoms with Gasteiger partial charge in [-0.05, 0) is 48.6 Å². The summed E-state index contributed by atoms with van der Waals surface area (Å²) in [6.07, 6.45) is 0. The normalized spacial score (nSPS) is 11.0. The third-order valence-electron chi connectivity index (χ3n) is 3.49. The fourth-order valence-electron chi connectivity index (χ4n) is 2.33. The first-order valence-electron chi connectivity index (χ1n) is 7.35. The van der Waals surface area contributed by atoms with E-state index in [2.05, 4.69) is 0 Å². The third kappa shape index (κ3) is 3.22. The highest BCUT2D eigenvalue weighted by molar-refractivity contribution is 8.17. The lowest BCUT2D eigenvalue weighted by Crippen LogP contribution is -2.31. The zero-order chi connectivity index (χ0) is 17.0. The first-order chi connectivity index (χ1) is 11.6. The van der Waals surface area contributed by atoms with Gasteiger partial charge in [-0.3, -0.25) is 4.90 Å². The molecule has 0 unspecified atom stereocenters. The molecule has 24 heavy (non-hydrogen) atoms. The van der Waals surface area contributed by atoms with Gasteiger partial charge in [0.25, 0.3) is 0 Å². The molecule has 120 valence electrons. The maximum Gasteiger partial charge on any atom is 0.232 e. The largest absolute Gasteiger partial charge is 0.292 e. The third-order valence-corrected chi connectivity index (χ3v) is 5.87. The standard InChI is InChI=1S/C19H15NO2S2/c21-24(22,18-14-8-3-9-15-18)19(23)20(16-10-4-1-5-11-16)17-12-6-2-7-13-17/h1-15H.